The molecule has 3 saturated carbocycles. The third-order valence-corrected chi connectivity index (χ3v) is 44.3. The molecule has 0 saturated heterocycles. The highest BCUT2D eigenvalue weighted by molar-refractivity contribution is 6.91. The van der Waals surface area contributed by atoms with Crippen molar-refractivity contribution >= 4 is 59.0 Å². The van der Waals surface area contributed by atoms with Crippen molar-refractivity contribution in [3.05, 3.63) is 138 Å². The Balaban J connectivity index is 1.12. The van der Waals surface area contributed by atoms with E-state index in [0.717, 1.165) is 74.5 Å². The van der Waals surface area contributed by atoms with Gasteiger partial charge in [0.2, 0.25) is 0 Å². The molecule has 1 aromatic carbocycles. The predicted molar refractivity (Wildman–Crippen MR) is 394 cm³/mol. The number of allylic oxidation sites excluding steroid dienone is 18. The van der Waals surface area contributed by atoms with Gasteiger partial charge in [0.25, 0.3) is 0 Å². The van der Waals surface area contributed by atoms with Gasteiger partial charge in [0.05, 0.1) is 31.8 Å². The van der Waals surface area contributed by atoms with Gasteiger partial charge >= 0.3 is 0 Å². The molecule has 90 heavy (non-hydrogen) atoms. The summed E-state index contributed by atoms with van der Waals surface area (Å²) in [5.41, 5.74) is 23.6. The van der Waals surface area contributed by atoms with Gasteiger partial charge in [-0.15, -0.1) is 16.6 Å². The van der Waals surface area contributed by atoms with Crippen LogP contribution in [0.15, 0.2) is 106 Å². The van der Waals surface area contributed by atoms with Crippen LogP contribution in [-0.2, 0) is 0 Å². The van der Waals surface area contributed by atoms with Crippen LogP contribution in [0, 0.1) is 138 Å². The highest BCUT2D eigenvalue weighted by Crippen LogP contribution is 2.74. The minimum absolute atomic E-state index is 0.138. The summed E-state index contributed by atoms with van der Waals surface area (Å²) in [6.07, 6.45) is 37.1. The zero-order valence-corrected chi connectivity index (χ0v) is 62.4. The van der Waals surface area contributed by atoms with Crippen molar-refractivity contribution < 1.29 is 0 Å². The second-order valence-corrected chi connectivity index (χ2v) is 48.2. The van der Waals surface area contributed by atoms with Gasteiger partial charge in [-0.2, -0.15) is 0 Å². The summed E-state index contributed by atoms with van der Waals surface area (Å²) >= 11 is 22.4. The third kappa shape index (κ3) is 9.70. The second kappa shape index (κ2) is 25.1. The first-order valence-electron chi connectivity index (χ1n) is 33.9. The molecule has 0 bridgehead atoms. The van der Waals surface area contributed by atoms with Crippen LogP contribution in [0.4, 0.5) is 0 Å². The normalized spacial score (nSPS) is 26.7. The Morgan fingerprint density at radius 1 is 0.267 bits per heavy atom. The molecule has 6 atom stereocenters. The molecule has 0 amide bonds. The van der Waals surface area contributed by atoms with Gasteiger partial charge in [-0.05, 0) is 142 Å². The van der Waals surface area contributed by atoms with E-state index in [-0.39, 0.29) is 47.6 Å². The lowest BCUT2D eigenvalue weighted by Gasteiger charge is -2.54. The first-order chi connectivity index (χ1) is 42.7. The Morgan fingerprint density at radius 2 is 0.433 bits per heavy atom. The van der Waals surface area contributed by atoms with E-state index in [2.05, 4.69) is 303 Å². The van der Waals surface area contributed by atoms with Crippen LogP contribution in [0.2, 0.25) is 64.9 Å². The van der Waals surface area contributed by atoms with Gasteiger partial charge in [0, 0.05) is 65.9 Å². The Morgan fingerprint density at radius 3 is 0.611 bits per heavy atom. The topological polar surface area (TPSA) is 0 Å². The highest BCUT2D eigenvalue weighted by atomic mass is 35.5. The monoisotopic (exact) mass is 1290 g/mol. The van der Waals surface area contributed by atoms with Gasteiger partial charge in [-0.3, -0.25) is 0 Å². The maximum Gasteiger partial charge on any atom is 0.146 e. The second-order valence-electron chi connectivity index (χ2n) is 30.3. The molecule has 10 rings (SSSR count). The number of hydrogen-bond donors (Lipinski definition) is 0. The molecule has 0 radical (unpaired) electrons. The smallest absolute Gasteiger partial charge is 0.125 e. The minimum atomic E-state index is -2.04. The summed E-state index contributed by atoms with van der Waals surface area (Å²) in [4.78, 5) is 0. The van der Waals surface area contributed by atoms with Crippen molar-refractivity contribution in [2.24, 2.45) is 32.5 Å². The predicted octanol–water partition coefficient (Wildman–Crippen LogP) is 22.2. The van der Waals surface area contributed by atoms with E-state index in [1.165, 1.54) is 16.7 Å². The summed E-state index contributed by atoms with van der Waals surface area (Å²) < 4.78 is 0. The quantitative estimate of drug-likeness (QED) is 0.171. The van der Waals surface area contributed by atoms with Crippen LogP contribution in [0.1, 0.15) is 199 Å². The van der Waals surface area contributed by atoms with Crippen molar-refractivity contribution in [2.75, 3.05) is 0 Å². The van der Waals surface area contributed by atoms with Crippen LogP contribution in [0.25, 0.3) is 0 Å². The third-order valence-electron chi connectivity index (χ3n) is 24.3. The molecule has 9 aliphatic carbocycles. The zero-order chi connectivity index (χ0) is 65.2. The molecule has 9 aliphatic rings. The van der Waals surface area contributed by atoms with Crippen LogP contribution in [-0.4, -0.2) is 24.2 Å². The van der Waals surface area contributed by atoms with Crippen molar-refractivity contribution in [2.45, 2.75) is 232 Å². The van der Waals surface area contributed by atoms with Gasteiger partial charge in [-0.25, -0.2) is 0 Å². The highest BCUT2D eigenvalue weighted by Gasteiger charge is 2.67. The van der Waals surface area contributed by atoms with E-state index in [4.69, 9.17) is 34.8 Å². The largest absolute Gasteiger partial charge is 0.146 e. The lowest BCUT2D eigenvalue weighted by molar-refractivity contribution is 0.232. The summed E-state index contributed by atoms with van der Waals surface area (Å²) in [5.74, 6) is 52.0. The van der Waals surface area contributed by atoms with E-state index < -0.39 is 24.2 Å². The molecule has 0 heterocycles. The molecule has 0 N–H and O–H groups in total. The number of halogens is 3. The van der Waals surface area contributed by atoms with E-state index >= 15 is 0 Å². The summed E-state index contributed by atoms with van der Waals surface area (Å²) in [7, 11) is -6.12. The Labute approximate surface area is 563 Å². The van der Waals surface area contributed by atoms with Crippen LogP contribution in [0.5, 0.6) is 0 Å². The van der Waals surface area contributed by atoms with E-state index in [0.29, 0.717) is 66.6 Å². The van der Waals surface area contributed by atoms with Crippen LogP contribution in [0.3, 0.4) is 0 Å². The van der Waals surface area contributed by atoms with E-state index in [9.17, 15) is 0 Å². The van der Waals surface area contributed by atoms with Gasteiger partial charge < -0.3 is 0 Å². The lowest BCUT2D eigenvalue weighted by Crippen LogP contribution is -2.49. The molecule has 6 heteroatoms. The van der Waals surface area contributed by atoms with Crippen molar-refractivity contribution in [3.8, 4) is 105 Å². The summed E-state index contributed by atoms with van der Waals surface area (Å²) in [6.45, 7) is 42.8. The molecular weight excluding hydrogens is 1200 g/mol. The zero-order valence-electron chi connectivity index (χ0n) is 57.1. The molecule has 0 aliphatic heterocycles. The molecular formula is C84H93Cl3Si3. The first kappa shape index (κ1) is 67.3. The maximum atomic E-state index is 7.47. The van der Waals surface area contributed by atoms with Crippen LogP contribution < -0.4 is 0 Å². The van der Waals surface area contributed by atoms with Crippen LogP contribution >= 0.6 is 34.8 Å². The fraction of sp³-hybridized carbons (Fsp3) is 0.500. The maximum absolute atomic E-state index is 7.47. The van der Waals surface area contributed by atoms with Gasteiger partial charge in [0.15, 0.2) is 0 Å². The van der Waals surface area contributed by atoms with Crippen molar-refractivity contribution in [1.82, 2.24) is 0 Å². The SMILES string of the molecule is CC(C)[Si](C#CC1=C(C#CC#Cc2c(Cl)c(C#CC#CC3=C(C#C[Si](C(C)C)(C(C)C)C(C)C)C45C=CC=CC34CCC5)c(Cl)c(C#CC#CC3=C(C#C[Si](C(C)C)(C(C)C)C(C)C)C45C=CC=CC34CCC5)c2Cl)C23C=CC=CC12CCC3)(C(C)C)C(C)C. The molecule has 462 valence electrons. The standard InChI is InChI=1S/C84H93Cl3Si3/c1-58(2)88(59(3)4,60(5)6)55-40-73-70(79-43-25-28-46-82(73,79)52-31-49-79)37-22-19-34-67-76(85)68(35-20-23-38-71-74(41-56-89(61(7)8,62(9)10)63(11)12)83-47-29-26-44-80(71,83)50-32-53-83)78(87)69(77(67)86)36-21-24-39-72-75(42-57-90(64(13)14,65(15)16)66(17)18)84-48-30-27-45-81(72,84)51-33-54-84/h25-30,43-48,58-66H,31-33,49-54H2,1-18H3. The average Bonchev–Trinajstić information content (AvgIpc) is 1.38. The molecule has 0 spiro atoms. The Bertz CT molecular complexity index is 3620. The Hall–Kier alpha value is -5.56. The summed E-state index contributed by atoms with van der Waals surface area (Å²) in [5, 5.41) is 0.685. The van der Waals surface area contributed by atoms with Crippen molar-refractivity contribution in [3.63, 3.8) is 0 Å². The fourth-order valence-corrected chi connectivity index (χ4v) is 36.8. The van der Waals surface area contributed by atoms with Gasteiger partial charge in [-0.1, -0.05) is 287 Å². The number of benzene rings is 1. The summed E-state index contributed by atoms with van der Waals surface area (Å²) in [6, 6.07) is 0. The average molecular weight is 1290 g/mol. The van der Waals surface area contributed by atoms with E-state index in [1.54, 1.807) is 0 Å². The lowest BCUT2D eigenvalue weighted by atomic mass is 9.47. The van der Waals surface area contributed by atoms with Gasteiger partial charge in [0.1, 0.15) is 24.2 Å². The molecule has 3 fully saturated rings. The molecule has 1 aromatic rings. The molecule has 6 unspecified atom stereocenters. The number of hydrogen-bond acceptors (Lipinski definition) is 0. The Kier molecular flexibility index (Phi) is 18.7. The first-order valence-corrected chi connectivity index (χ1v) is 41.7. The van der Waals surface area contributed by atoms with E-state index in [1.807, 2.05) is 0 Å². The molecule has 0 nitrogen and oxygen atoms in total. The number of rotatable bonds is 9. The van der Waals surface area contributed by atoms with Crippen molar-refractivity contribution in [1.29, 1.82) is 0 Å². The fourth-order valence-electron chi connectivity index (χ4n) is 20.1. The minimum Gasteiger partial charge on any atom is -0.125 e. The molecule has 0 aromatic heterocycles.